The highest BCUT2D eigenvalue weighted by molar-refractivity contribution is 6.04. The summed E-state index contributed by atoms with van der Waals surface area (Å²) in [6.45, 7) is 9.79. The number of benzene rings is 1. The van der Waals surface area contributed by atoms with Gasteiger partial charge in [-0.2, -0.15) is 4.98 Å². The Labute approximate surface area is 171 Å². The van der Waals surface area contributed by atoms with E-state index in [2.05, 4.69) is 34.1 Å². The van der Waals surface area contributed by atoms with Gasteiger partial charge in [0, 0.05) is 37.8 Å². The number of carbonyl (C=O) groups is 1. The lowest BCUT2D eigenvalue weighted by Gasteiger charge is -2.36. The molecule has 1 fully saturated rings. The van der Waals surface area contributed by atoms with Gasteiger partial charge < -0.3 is 19.0 Å². The summed E-state index contributed by atoms with van der Waals surface area (Å²) < 4.78 is 11.2. The van der Waals surface area contributed by atoms with E-state index >= 15 is 0 Å². The molecule has 0 atom stereocenters. The maximum Gasteiger partial charge on any atom is 0.342 e. The Morgan fingerprint density at radius 2 is 1.76 bits per heavy atom. The lowest BCUT2D eigenvalue weighted by Crippen LogP contribution is -2.46. The fourth-order valence-corrected chi connectivity index (χ4v) is 3.82. The van der Waals surface area contributed by atoms with Crippen LogP contribution >= 0.6 is 0 Å². The highest BCUT2D eigenvalue weighted by atomic mass is 16.5. The molecule has 0 aliphatic carbocycles. The molecule has 3 aromatic rings. The van der Waals surface area contributed by atoms with Crippen LogP contribution in [0.25, 0.3) is 11.1 Å². The van der Waals surface area contributed by atoms with E-state index in [1.807, 2.05) is 32.0 Å². The molecule has 0 unspecified atom stereocenters. The molecule has 0 N–H and O–H groups in total. The second kappa shape index (κ2) is 8.15. The number of furan rings is 1. The van der Waals surface area contributed by atoms with Crippen molar-refractivity contribution in [1.82, 2.24) is 4.98 Å². The number of carbonyl (C=O) groups excluding carboxylic acids is 1. The summed E-state index contributed by atoms with van der Waals surface area (Å²) in [5, 5.41) is 0.721. The maximum atomic E-state index is 12.5. The van der Waals surface area contributed by atoms with E-state index in [0.717, 1.165) is 37.4 Å². The maximum absolute atomic E-state index is 12.5. The summed E-state index contributed by atoms with van der Waals surface area (Å²) in [4.78, 5) is 21.9. The van der Waals surface area contributed by atoms with Crippen LogP contribution in [0.2, 0.25) is 0 Å². The second-order valence-corrected chi connectivity index (χ2v) is 7.55. The molecule has 1 aromatic carbocycles. The van der Waals surface area contributed by atoms with Crippen molar-refractivity contribution in [2.45, 2.75) is 26.7 Å². The number of rotatable bonds is 5. The van der Waals surface area contributed by atoms with Gasteiger partial charge in [-0.3, -0.25) is 0 Å². The fourth-order valence-electron chi connectivity index (χ4n) is 3.82. The average Bonchev–Trinajstić information content (AvgIpc) is 3.14. The van der Waals surface area contributed by atoms with Crippen LogP contribution in [0, 0.1) is 0 Å². The lowest BCUT2D eigenvalue weighted by atomic mass is 10.0. The van der Waals surface area contributed by atoms with Gasteiger partial charge in [0.2, 0.25) is 5.71 Å². The van der Waals surface area contributed by atoms with Gasteiger partial charge in [-0.1, -0.05) is 32.0 Å². The Balaban J connectivity index is 1.57. The number of esters is 1. The number of ether oxygens (including phenoxy) is 1. The zero-order valence-corrected chi connectivity index (χ0v) is 17.2. The van der Waals surface area contributed by atoms with Gasteiger partial charge >= 0.3 is 5.97 Å². The van der Waals surface area contributed by atoms with Crippen molar-refractivity contribution in [3.8, 4) is 0 Å². The van der Waals surface area contributed by atoms with E-state index in [1.165, 1.54) is 5.69 Å². The summed E-state index contributed by atoms with van der Waals surface area (Å²) >= 11 is 0. The normalized spacial score (nSPS) is 14.6. The van der Waals surface area contributed by atoms with Gasteiger partial charge in [-0.05, 0) is 31.2 Å². The molecule has 6 nitrogen and oxygen atoms in total. The van der Waals surface area contributed by atoms with Crippen molar-refractivity contribution in [3.63, 3.8) is 0 Å². The lowest BCUT2D eigenvalue weighted by molar-refractivity contribution is 0.0525. The van der Waals surface area contributed by atoms with Crippen LogP contribution in [-0.2, 0) is 4.74 Å². The fraction of sp³-hybridized carbons (Fsp3) is 0.391. The Kier molecular flexibility index (Phi) is 5.43. The quantitative estimate of drug-likeness (QED) is 0.597. The predicted molar refractivity (Wildman–Crippen MR) is 115 cm³/mol. The molecule has 0 spiro atoms. The van der Waals surface area contributed by atoms with Crippen molar-refractivity contribution in [3.05, 3.63) is 53.8 Å². The third-order valence-corrected chi connectivity index (χ3v) is 5.30. The van der Waals surface area contributed by atoms with Gasteiger partial charge in [-0.25, -0.2) is 4.79 Å². The van der Waals surface area contributed by atoms with Crippen molar-refractivity contribution >= 4 is 28.6 Å². The molecule has 1 aliphatic rings. The molecule has 29 heavy (non-hydrogen) atoms. The first kappa shape index (κ1) is 19.3. The summed E-state index contributed by atoms with van der Waals surface area (Å²) in [6.07, 6.45) is 0. The van der Waals surface area contributed by atoms with Crippen LogP contribution in [-0.4, -0.2) is 43.7 Å². The molecule has 3 heterocycles. The molecule has 0 saturated carbocycles. The van der Waals surface area contributed by atoms with E-state index in [0.29, 0.717) is 23.6 Å². The van der Waals surface area contributed by atoms with Gasteiger partial charge in [0.1, 0.15) is 17.1 Å². The third-order valence-electron chi connectivity index (χ3n) is 5.30. The largest absolute Gasteiger partial charge is 0.462 e. The molecule has 6 heteroatoms. The van der Waals surface area contributed by atoms with Crippen LogP contribution in [0.1, 0.15) is 42.8 Å². The van der Waals surface area contributed by atoms with Gasteiger partial charge in [0.15, 0.2) is 0 Å². The molecule has 152 valence electrons. The number of nitrogens with zero attached hydrogens (tertiary/aromatic N) is 3. The van der Waals surface area contributed by atoms with E-state index in [9.17, 15) is 4.79 Å². The van der Waals surface area contributed by atoms with Crippen LogP contribution < -0.4 is 9.80 Å². The van der Waals surface area contributed by atoms with Crippen molar-refractivity contribution in [1.29, 1.82) is 0 Å². The summed E-state index contributed by atoms with van der Waals surface area (Å²) in [5.74, 6) is 1.24. The molecular formula is C23H27N3O3. The number of fused-ring (bicyclic) bond motifs is 1. The second-order valence-electron chi connectivity index (χ2n) is 7.55. The zero-order valence-electron chi connectivity index (χ0n) is 17.2. The monoisotopic (exact) mass is 393 g/mol. The van der Waals surface area contributed by atoms with Gasteiger partial charge in [-0.15, -0.1) is 0 Å². The van der Waals surface area contributed by atoms with E-state index in [1.54, 1.807) is 6.92 Å². The molecular weight excluding hydrogens is 366 g/mol. The molecule has 2 aromatic heterocycles. The Morgan fingerprint density at radius 3 is 2.41 bits per heavy atom. The first-order chi connectivity index (χ1) is 14.1. The highest BCUT2D eigenvalue weighted by Crippen LogP contribution is 2.32. The number of anilines is 2. The zero-order chi connectivity index (χ0) is 20.4. The number of hydrogen-bond acceptors (Lipinski definition) is 6. The van der Waals surface area contributed by atoms with Crippen molar-refractivity contribution < 1.29 is 13.9 Å². The van der Waals surface area contributed by atoms with Crippen molar-refractivity contribution in [2.75, 3.05) is 42.6 Å². The summed E-state index contributed by atoms with van der Waals surface area (Å²) in [7, 11) is 0. The molecule has 1 saturated heterocycles. The summed E-state index contributed by atoms with van der Waals surface area (Å²) in [6, 6.07) is 14.4. The highest BCUT2D eigenvalue weighted by Gasteiger charge is 2.26. The summed E-state index contributed by atoms with van der Waals surface area (Å²) in [5.41, 5.74) is 2.26. The third kappa shape index (κ3) is 3.79. The minimum atomic E-state index is -0.346. The van der Waals surface area contributed by atoms with Crippen LogP contribution in [0.5, 0.6) is 0 Å². The Hall–Kier alpha value is -3.02. The number of para-hydroxylation sites is 1. The first-order valence-corrected chi connectivity index (χ1v) is 10.2. The molecule has 4 rings (SSSR count). The molecule has 0 bridgehead atoms. The average molecular weight is 393 g/mol. The molecule has 0 amide bonds. The molecule has 1 aliphatic heterocycles. The number of hydrogen-bond donors (Lipinski definition) is 0. The van der Waals surface area contributed by atoms with E-state index < -0.39 is 0 Å². The minimum absolute atomic E-state index is 0.0708. The topological polar surface area (TPSA) is 58.8 Å². The Bertz CT molecular complexity index is 989. The predicted octanol–water partition coefficient (Wildman–Crippen LogP) is 4.45. The van der Waals surface area contributed by atoms with E-state index in [4.69, 9.17) is 14.1 Å². The number of aromatic nitrogens is 1. The Morgan fingerprint density at radius 1 is 1.07 bits per heavy atom. The number of piperazine rings is 1. The van der Waals surface area contributed by atoms with Crippen LogP contribution in [0.15, 0.2) is 46.9 Å². The van der Waals surface area contributed by atoms with E-state index in [-0.39, 0.29) is 11.9 Å². The van der Waals surface area contributed by atoms with Gasteiger partial charge in [0.05, 0.1) is 12.0 Å². The van der Waals surface area contributed by atoms with Crippen molar-refractivity contribution in [2.24, 2.45) is 0 Å². The smallest absolute Gasteiger partial charge is 0.342 e. The molecule has 0 radical (unpaired) electrons. The van der Waals surface area contributed by atoms with Gasteiger partial charge in [0.25, 0.3) is 0 Å². The minimum Gasteiger partial charge on any atom is -0.462 e. The first-order valence-electron chi connectivity index (χ1n) is 10.2. The van der Waals surface area contributed by atoms with Crippen LogP contribution in [0.3, 0.4) is 0 Å². The number of pyridine rings is 1. The SMILES string of the molecule is CCOC(=O)c1c(C(C)C)oc2nc(N3CCN(c4ccccc4)CC3)ccc12. The van der Waals surface area contributed by atoms with Crippen LogP contribution in [0.4, 0.5) is 11.5 Å². The standard InChI is InChI=1S/C23H27N3O3/c1-4-28-23(27)20-18-10-11-19(24-22(18)29-21(20)16(2)3)26-14-12-25(13-15-26)17-8-6-5-7-9-17/h5-11,16H,4,12-15H2,1-3H3.